The predicted octanol–water partition coefficient (Wildman–Crippen LogP) is 2.33. The summed E-state index contributed by atoms with van der Waals surface area (Å²) in [5.74, 6) is -0.619. The molecule has 0 radical (unpaired) electrons. The minimum Gasteiger partial charge on any atom is -0.489 e. The average molecular weight is 303 g/mol. The van der Waals surface area contributed by atoms with Gasteiger partial charge >= 0.3 is 6.18 Å². The summed E-state index contributed by atoms with van der Waals surface area (Å²) in [6, 6.07) is 2.70. The number of benzene rings is 1. The highest BCUT2D eigenvalue weighted by atomic mass is 19.4. The Morgan fingerprint density at radius 1 is 1.48 bits per heavy atom. The van der Waals surface area contributed by atoms with Crippen molar-refractivity contribution in [1.29, 1.82) is 0 Å². The van der Waals surface area contributed by atoms with Crippen LogP contribution in [0.5, 0.6) is 5.75 Å². The smallest absolute Gasteiger partial charge is 0.416 e. The number of aliphatic hydroxyl groups excluding tert-OH is 1. The van der Waals surface area contributed by atoms with Crippen LogP contribution in [0.15, 0.2) is 30.9 Å². The van der Waals surface area contributed by atoms with Crippen molar-refractivity contribution in [3.8, 4) is 5.75 Å². The second-order valence-electron chi connectivity index (χ2n) is 4.26. The molecule has 21 heavy (non-hydrogen) atoms. The fourth-order valence-corrected chi connectivity index (χ4v) is 1.61. The molecule has 0 unspecified atom stereocenters. The van der Waals surface area contributed by atoms with Crippen LogP contribution in [0.3, 0.4) is 0 Å². The van der Waals surface area contributed by atoms with E-state index in [0.717, 1.165) is 23.1 Å². The number of carbonyl (C=O) groups excluding carboxylic acids is 1. The topological polar surface area (TPSA) is 49.8 Å². The molecule has 7 heteroatoms. The van der Waals surface area contributed by atoms with Gasteiger partial charge in [-0.1, -0.05) is 12.7 Å². The summed E-state index contributed by atoms with van der Waals surface area (Å²) in [6.45, 7) is 3.23. The van der Waals surface area contributed by atoms with E-state index < -0.39 is 17.6 Å². The lowest BCUT2D eigenvalue weighted by Crippen LogP contribution is -2.30. The van der Waals surface area contributed by atoms with Crippen molar-refractivity contribution in [1.82, 2.24) is 4.90 Å². The van der Waals surface area contributed by atoms with Gasteiger partial charge < -0.3 is 14.7 Å². The van der Waals surface area contributed by atoms with Gasteiger partial charge in [-0.15, -0.1) is 0 Å². The van der Waals surface area contributed by atoms with Crippen molar-refractivity contribution in [2.24, 2.45) is 0 Å². The Morgan fingerprint density at radius 2 is 2.14 bits per heavy atom. The number of rotatable bonds is 6. The van der Waals surface area contributed by atoms with E-state index in [9.17, 15) is 18.0 Å². The Kier molecular flexibility index (Phi) is 5.78. The van der Waals surface area contributed by atoms with Crippen molar-refractivity contribution in [3.63, 3.8) is 0 Å². The molecule has 1 amide bonds. The van der Waals surface area contributed by atoms with Crippen molar-refractivity contribution in [2.45, 2.75) is 6.18 Å². The van der Waals surface area contributed by atoms with Gasteiger partial charge in [0.05, 0.1) is 17.7 Å². The van der Waals surface area contributed by atoms with Crippen LogP contribution in [0.1, 0.15) is 15.9 Å². The summed E-state index contributed by atoms with van der Waals surface area (Å²) in [5, 5.41) is 8.81. The number of ether oxygens (including phenoxy) is 1. The van der Waals surface area contributed by atoms with Gasteiger partial charge in [-0.2, -0.15) is 13.2 Å². The van der Waals surface area contributed by atoms with Crippen LogP contribution in [-0.4, -0.2) is 42.7 Å². The van der Waals surface area contributed by atoms with E-state index in [1.165, 1.54) is 13.1 Å². The van der Waals surface area contributed by atoms with Crippen LogP contribution >= 0.6 is 0 Å². The molecule has 0 aliphatic rings. The van der Waals surface area contributed by atoms with Gasteiger partial charge in [0.15, 0.2) is 0 Å². The molecule has 0 saturated carbocycles. The maximum absolute atomic E-state index is 12.7. The maximum Gasteiger partial charge on any atom is 0.416 e. The highest BCUT2D eigenvalue weighted by molar-refractivity contribution is 5.97. The normalized spacial score (nSPS) is 11.1. The van der Waals surface area contributed by atoms with Gasteiger partial charge in [0.1, 0.15) is 12.4 Å². The second kappa shape index (κ2) is 7.12. The van der Waals surface area contributed by atoms with Crippen LogP contribution in [0, 0.1) is 0 Å². The minimum atomic E-state index is -4.55. The van der Waals surface area contributed by atoms with Gasteiger partial charge in [-0.05, 0) is 18.2 Å². The first kappa shape index (κ1) is 17.0. The molecule has 0 atom stereocenters. The highest BCUT2D eigenvalue weighted by Gasteiger charge is 2.32. The number of aliphatic hydroxyl groups is 1. The Labute approximate surface area is 120 Å². The molecule has 0 aliphatic carbocycles. The first-order valence-electron chi connectivity index (χ1n) is 6.12. The summed E-state index contributed by atoms with van der Waals surface area (Å²) in [4.78, 5) is 13.3. The third-order valence-corrected chi connectivity index (χ3v) is 2.68. The van der Waals surface area contributed by atoms with Crippen LogP contribution in [0.25, 0.3) is 0 Å². The first-order chi connectivity index (χ1) is 9.81. The van der Waals surface area contributed by atoms with E-state index in [2.05, 4.69) is 6.58 Å². The molecule has 0 spiro atoms. The number of hydrogen-bond donors (Lipinski definition) is 1. The maximum atomic E-state index is 12.7. The molecule has 0 heterocycles. The lowest BCUT2D eigenvalue weighted by molar-refractivity contribution is -0.137. The van der Waals surface area contributed by atoms with E-state index in [1.807, 2.05) is 0 Å². The third-order valence-electron chi connectivity index (χ3n) is 2.68. The lowest BCUT2D eigenvalue weighted by atomic mass is 10.1. The fourth-order valence-electron chi connectivity index (χ4n) is 1.61. The molecule has 0 aliphatic heterocycles. The third kappa shape index (κ3) is 4.49. The quantitative estimate of drug-likeness (QED) is 0.821. The molecule has 1 N–H and O–H groups in total. The summed E-state index contributed by atoms with van der Waals surface area (Å²) < 4.78 is 43.4. The molecule has 0 fully saturated rings. The van der Waals surface area contributed by atoms with Crippen LogP contribution < -0.4 is 4.74 Å². The molecule has 4 nitrogen and oxygen atoms in total. The number of likely N-dealkylation sites (N-methyl/N-ethyl adjacent to an activating group) is 1. The Morgan fingerprint density at radius 3 is 2.67 bits per heavy atom. The van der Waals surface area contributed by atoms with E-state index >= 15 is 0 Å². The number of hydrogen-bond acceptors (Lipinski definition) is 3. The molecule has 1 rings (SSSR count). The Balaban J connectivity index is 3.21. The van der Waals surface area contributed by atoms with Gasteiger partial charge in [-0.3, -0.25) is 4.79 Å². The number of amides is 1. The summed E-state index contributed by atoms with van der Waals surface area (Å²) in [5.41, 5.74) is -1.14. The zero-order chi connectivity index (χ0) is 16.0. The average Bonchev–Trinajstić information content (AvgIpc) is 2.43. The number of nitrogens with zero attached hydrogens (tertiary/aromatic N) is 1. The van der Waals surface area contributed by atoms with Gasteiger partial charge in [-0.25, -0.2) is 0 Å². The second-order valence-corrected chi connectivity index (χ2v) is 4.26. The highest BCUT2D eigenvalue weighted by Crippen LogP contribution is 2.33. The molecule has 1 aromatic rings. The lowest BCUT2D eigenvalue weighted by Gasteiger charge is -2.19. The summed E-state index contributed by atoms with van der Waals surface area (Å²) in [7, 11) is 1.39. The van der Waals surface area contributed by atoms with E-state index in [-0.39, 0.29) is 31.1 Å². The van der Waals surface area contributed by atoms with Crippen LogP contribution in [0.2, 0.25) is 0 Å². The SMILES string of the molecule is C=CCOc1ccc(C(F)(F)F)cc1C(=O)N(C)CCO. The number of halogens is 3. The van der Waals surface area contributed by atoms with E-state index in [0.29, 0.717) is 0 Å². The molecule has 0 aromatic heterocycles. The van der Waals surface area contributed by atoms with E-state index in [1.54, 1.807) is 0 Å². The number of alkyl halides is 3. The van der Waals surface area contributed by atoms with Gasteiger partial charge in [0.25, 0.3) is 5.91 Å². The minimum absolute atomic E-state index is 0.00990. The predicted molar refractivity (Wildman–Crippen MR) is 71.2 cm³/mol. The molecular weight excluding hydrogens is 287 g/mol. The Bertz CT molecular complexity index is 515. The number of carbonyl (C=O) groups is 1. The van der Waals surface area contributed by atoms with Crippen molar-refractivity contribution in [3.05, 3.63) is 42.0 Å². The summed E-state index contributed by atoms with van der Waals surface area (Å²) in [6.07, 6.45) is -3.13. The zero-order valence-corrected chi connectivity index (χ0v) is 11.5. The molecule has 1 aromatic carbocycles. The van der Waals surface area contributed by atoms with Crippen LogP contribution in [-0.2, 0) is 6.18 Å². The van der Waals surface area contributed by atoms with E-state index in [4.69, 9.17) is 9.84 Å². The molecule has 0 bridgehead atoms. The summed E-state index contributed by atoms with van der Waals surface area (Å²) >= 11 is 0. The van der Waals surface area contributed by atoms with Crippen molar-refractivity contribution in [2.75, 3.05) is 26.8 Å². The fraction of sp³-hybridized carbons (Fsp3) is 0.357. The van der Waals surface area contributed by atoms with Gasteiger partial charge in [0.2, 0.25) is 0 Å². The zero-order valence-electron chi connectivity index (χ0n) is 11.5. The largest absolute Gasteiger partial charge is 0.489 e. The molecular formula is C14H16F3NO3. The van der Waals surface area contributed by atoms with Gasteiger partial charge in [0, 0.05) is 13.6 Å². The van der Waals surface area contributed by atoms with Crippen molar-refractivity contribution < 1.29 is 27.8 Å². The molecule has 0 saturated heterocycles. The Hall–Kier alpha value is -2.02. The molecule has 116 valence electrons. The van der Waals surface area contributed by atoms with Crippen LogP contribution in [0.4, 0.5) is 13.2 Å². The van der Waals surface area contributed by atoms with Crippen molar-refractivity contribution >= 4 is 5.91 Å². The first-order valence-corrected chi connectivity index (χ1v) is 6.12. The monoisotopic (exact) mass is 303 g/mol. The standard InChI is InChI=1S/C14H16F3NO3/c1-3-8-21-12-5-4-10(14(15,16)17)9-11(12)13(20)18(2)6-7-19/h3-5,9,19H,1,6-8H2,2H3.